The molecule has 2 unspecified atom stereocenters. The summed E-state index contributed by atoms with van der Waals surface area (Å²) in [6, 6.07) is 11.2. The highest BCUT2D eigenvalue weighted by molar-refractivity contribution is 5.78. The molecule has 0 radical (unpaired) electrons. The van der Waals surface area contributed by atoms with Crippen molar-refractivity contribution in [1.82, 2.24) is 0 Å². The van der Waals surface area contributed by atoms with Crippen LogP contribution in [0.15, 0.2) is 30.3 Å². The van der Waals surface area contributed by atoms with Crippen LogP contribution in [0.2, 0.25) is 0 Å². The van der Waals surface area contributed by atoms with Crippen LogP contribution in [0.5, 0.6) is 0 Å². The number of benzene rings is 1. The molecule has 4 nitrogen and oxygen atoms in total. The van der Waals surface area contributed by atoms with Gasteiger partial charge in [-0.25, -0.2) is 0 Å². The number of aliphatic hydroxyl groups is 1. The number of fused-ring (bicyclic) bond motifs is 2. The molecule has 0 saturated carbocycles. The van der Waals surface area contributed by atoms with E-state index in [0.29, 0.717) is 18.1 Å². The average molecular weight is 332 g/mol. The second-order valence-electron chi connectivity index (χ2n) is 7.88. The summed E-state index contributed by atoms with van der Waals surface area (Å²) in [5.74, 6) is -0.856. The van der Waals surface area contributed by atoms with E-state index >= 15 is 0 Å². The number of aliphatic hydroxyl groups excluding tert-OH is 1. The van der Waals surface area contributed by atoms with E-state index in [1.807, 2.05) is 30.3 Å². The third kappa shape index (κ3) is 2.98. The Morgan fingerprint density at radius 3 is 2.29 bits per heavy atom. The predicted octanol–water partition coefficient (Wildman–Crippen LogP) is 2.85. The fourth-order valence-corrected chi connectivity index (χ4v) is 4.82. The van der Waals surface area contributed by atoms with Crippen LogP contribution in [0.25, 0.3) is 0 Å². The molecule has 0 amide bonds. The van der Waals surface area contributed by atoms with Gasteiger partial charge in [0.15, 0.2) is 0 Å². The first-order chi connectivity index (χ1) is 11.5. The van der Waals surface area contributed by atoms with Crippen LogP contribution in [0, 0.1) is 0 Å². The van der Waals surface area contributed by atoms with Gasteiger partial charge in [-0.05, 0) is 19.4 Å². The van der Waals surface area contributed by atoms with Crippen LogP contribution in [0.3, 0.4) is 0 Å². The Labute approximate surface area is 145 Å². The Kier molecular flexibility index (Phi) is 4.97. The molecule has 2 aliphatic heterocycles. The summed E-state index contributed by atoms with van der Waals surface area (Å²) < 4.78 is 6.96. The van der Waals surface area contributed by atoms with Crippen LogP contribution in [0.4, 0.5) is 0 Å². The lowest BCUT2D eigenvalue weighted by Gasteiger charge is -2.49. The number of esters is 1. The largest absolute Gasteiger partial charge is 0.461 e. The Morgan fingerprint density at radius 1 is 1.21 bits per heavy atom. The molecule has 2 fully saturated rings. The minimum Gasteiger partial charge on any atom is -0.461 e. The molecule has 0 aliphatic carbocycles. The summed E-state index contributed by atoms with van der Waals surface area (Å²) in [4.78, 5) is 12.6. The maximum absolute atomic E-state index is 12.6. The summed E-state index contributed by atoms with van der Waals surface area (Å²) in [6.07, 6.45) is 4.36. The van der Waals surface area contributed by atoms with Gasteiger partial charge in [-0.3, -0.25) is 4.79 Å². The summed E-state index contributed by atoms with van der Waals surface area (Å²) in [7, 11) is 2.37. The highest BCUT2D eigenvalue weighted by Crippen LogP contribution is 2.44. The third-order valence-corrected chi connectivity index (χ3v) is 6.54. The number of rotatable bonds is 5. The van der Waals surface area contributed by atoms with Crippen LogP contribution >= 0.6 is 0 Å². The smallest absolute Gasteiger partial charge is 0.316 e. The second kappa shape index (κ2) is 6.85. The lowest BCUT2D eigenvalue weighted by molar-refractivity contribution is -0.968. The van der Waals surface area contributed by atoms with Gasteiger partial charge in [-0.15, -0.1) is 0 Å². The molecule has 3 rings (SSSR count). The van der Waals surface area contributed by atoms with Crippen LogP contribution in [-0.2, 0) is 9.53 Å². The Balaban J connectivity index is 1.66. The monoisotopic (exact) mass is 332 g/mol. The number of hydrogen-bond acceptors (Lipinski definition) is 3. The lowest BCUT2D eigenvalue weighted by atomic mass is 9.94. The zero-order valence-corrected chi connectivity index (χ0v) is 15.0. The van der Waals surface area contributed by atoms with E-state index < -0.39 is 5.92 Å². The average Bonchev–Trinajstić information content (AvgIpc) is 2.74. The van der Waals surface area contributed by atoms with E-state index in [1.165, 1.54) is 12.8 Å². The minimum absolute atomic E-state index is 0.00212. The molecule has 24 heavy (non-hydrogen) atoms. The quantitative estimate of drug-likeness (QED) is 0.666. The first-order valence-electron chi connectivity index (χ1n) is 9.18. The highest BCUT2D eigenvalue weighted by Gasteiger charge is 2.53. The number of hydrogen-bond donors (Lipinski definition) is 1. The maximum atomic E-state index is 12.6. The minimum atomic E-state index is -0.572. The number of piperidine rings is 1. The molecule has 0 spiro atoms. The van der Waals surface area contributed by atoms with Crippen molar-refractivity contribution in [3.63, 3.8) is 0 Å². The fourth-order valence-electron chi connectivity index (χ4n) is 4.82. The normalized spacial score (nSPS) is 33.5. The van der Waals surface area contributed by atoms with E-state index in [9.17, 15) is 9.90 Å². The van der Waals surface area contributed by atoms with Gasteiger partial charge < -0.3 is 14.3 Å². The van der Waals surface area contributed by atoms with Gasteiger partial charge in [0.1, 0.15) is 12.0 Å². The molecular formula is C20H30NO3+. The SMILES string of the molecule is CC(C)[N+]1(C)C2CCC1CC(OC(=O)[C@H](CO)c1ccccc1)C2. The van der Waals surface area contributed by atoms with E-state index in [0.717, 1.165) is 22.9 Å². The molecule has 2 aliphatic rings. The number of nitrogens with zero attached hydrogens (tertiary/aromatic N) is 1. The summed E-state index contributed by atoms with van der Waals surface area (Å²) in [5, 5.41) is 9.65. The van der Waals surface area contributed by atoms with Crippen molar-refractivity contribution < 1.29 is 19.1 Å². The summed E-state index contributed by atoms with van der Waals surface area (Å²) in [6.45, 7) is 4.39. The molecule has 1 N–H and O–H groups in total. The fraction of sp³-hybridized carbons (Fsp3) is 0.650. The van der Waals surface area contributed by atoms with E-state index in [4.69, 9.17) is 4.74 Å². The number of carbonyl (C=O) groups excluding carboxylic acids is 1. The maximum Gasteiger partial charge on any atom is 0.316 e. The van der Waals surface area contributed by atoms with Gasteiger partial charge in [0.2, 0.25) is 0 Å². The number of ether oxygens (including phenoxy) is 1. The number of quaternary nitrogens is 1. The van der Waals surface area contributed by atoms with Gasteiger partial charge in [0.25, 0.3) is 0 Å². The Bertz CT molecular complexity index is 558. The molecule has 2 heterocycles. The molecule has 1 aromatic carbocycles. The number of carbonyl (C=O) groups is 1. The van der Waals surface area contributed by atoms with Crippen molar-refractivity contribution in [1.29, 1.82) is 0 Å². The molecule has 2 saturated heterocycles. The predicted molar refractivity (Wildman–Crippen MR) is 93.5 cm³/mol. The van der Waals surface area contributed by atoms with Gasteiger partial charge in [-0.1, -0.05) is 30.3 Å². The van der Waals surface area contributed by atoms with Crippen LogP contribution < -0.4 is 0 Å². The van der Waals surface area contributed by atoms with Gasteiger partial charge in [-0.2, -0.15) is 0 Å². The van der Waals surface area contributed by atoms with Crippen molar-refractivity contribution >= 4 is 5.97 Å². The first-order valence-corrected chi connectivity index (χ1v) is 9.18. The third-order valence-electron chi connectivity index (χ3n) is 6.54. The van der Waals surface area contributed by atoms with E-state index in [-0.39, 0.29) is 18.7 Å². The standard InChI is InChI=1S/C20H30NO3/c1-14(2)21(3)16-9-10-17(21)12-18(11-16)24-20(23)19(13-22)15-7-5-4-6-8-15/h4-8,14,16-19,22H,9-13H2,1-3H3/q+1/t16?,17?,18?,19-,21?/m1/s1. The van der Waals surface area contributed by atoms with E-state index in [2.05, 4.69) is 20.9 Å². The molecule has 0 aromatic heterocycles. The topological polar surface area (TPSA) is 46.5 Å². The lowest BCUT2D eigenvalue weighted by Crippen LogP contribution is -2.62. The zero-order valence-electron chi connectivity index (χ0n) is 15.0. The summed E-state index contributed by atoms with van der Waals surface area (Å²) >= 11 is 0. The van der Waals surface area contributed by atoms with Crippen molar-refractivity contribution in [3.8, 4) is 0 Å². The first kappa shape index (κ1) is 17.4. The Hall–Kier alpha value is -1.39. The van der Waals surface area contributed by atoms with Crippen LogP contribution in [0.1, 0.15) is 51.0 Å². The molecule has 1 aromatic rings. The van der Waals surface area contributed by atoms with Gasteiger partial charge in [0, 0.05) is 25.7 Å². The molecule has 2 bridgehead atoms. The van der Waals surface area contributed by atoms with Crippen molar-refractivity contribution in [2.45, 2.75) is 69.7 Å². The van der Waals surface area contributed by atoms with Crippen molar-refractivity contribution in [2.75, 3.05) is 13.7 Å². The summed E-state index contributed by atoms with van der Waals surface area (Å²) in [5.41, 5.74) is 0.826. The van der Waals surface area contributed by atoms with E-state index in [1.54, 1.807) is 0 Å². The zero-order chi connectivity index (χ0) is 17.3. The molecular weight excluding hydrogens is 302 g/mol. The van der Waals surface area contributed by atoms with Crippen LogP contribution in [-0.4, -0.2) is 53.4 Å². The molecule has 132 valence electrons. The van der Waals surface area contributed by atoms with Gasteiger partial charge >= 0.3 is 5.97 Å². The molecule has 4 heteroatoms. The van der Waals surface area contributed by atoms with Crippen molar-refractivity contribution in [2.24, 2.45) is 0 Å². The van der Waals surface area contributed by atoms with Gasteiger partial charge in [0.05, 0.1) is 31.8 Å². The second-order valence-corrected chi connectivity index (χ2v) is 7.88. The molecule has 3 atom stereocenters. The Morgan fingerprint density at radius 2 is 1.79 bits per heavy atom. The highest BCUT2D eigenvalue weighted by atomic mass is 16.5. The van der Waals surface area contributed by atoms with Crippen molar-refractivity contribution in [3.05, 3.63) is 35.9 Å².